The topological polar surface area (TPSA) is 95.6 Å². The molecule has 0 saturated heterocycles. The number of carbonyl (C=O) groups is 1. The maximum atomic E-state index is 11.0. The van der Waals surface area contributed by atoms with Crippen LogP contribution in [-0.2, 0) is 11.2 Å². The number of aliphatic hydroxyl groups excluding tert-OH is 1. The van der Waals surface area contributed by atoms with Crippen molar-refractivity contribution < 1.29 is 15.0 Å². The summed E-state index contributed by atoms with van der Waals surface area (Å²) in [7, 11) is 0. The van der Waals surface area contributed by atoms with Crippen molar-refractivity contribution in [3.63, 3.8) is 0 Å². The van der Waals surface area contributed by atoms with E-state index < -0.39 is 6.23 Å². The third-order valence-corrected chi connectivity index (χ3v) is 2.32. The Hall–Kier alpha value is -1.30. The van der Waals surface area contributed by atoms with Crippen LogP contribution < -0.4 is 11.1 Å². The third kappa shape index (κ3) is 3.10. The molecule has 1 rings (SSSR count). The van der Waals surface area contributed by atoms with E-state index in [2.05, 4.69) is 5.32 Å². The van der Waals surface area contributed by atoms with Crippen LogP contribution in [0.4, 0.5) is 5.69 Å². The highest BCUT2D eigenvalue weighted by molar-refractivity contribution is 6.35. The number of carbonyl (C=O) groups excluding carboxylic acids is 1. The highest BCUT2D eigenvalue weighted by Gasteiger charge is 2.13. The number of rotatable bonds is 3. The van der Waals surface area contributed by atoms with E-state index in [1.807, 2.05) is 0 Å². The van der Waals surface area contributed by atoms with Gasteiger partial charge in [0.15, 0.2) is 0 Å². The van der Waals surface area contributed by atoms with Gasteiger partial charge in [0, 0.05) is 13.3 Å². The summed E-state index contributed by atoms with van der Waals surface area (Å²) in [5.41, 5.74) is 6.09. The molecule has 1 aromatic carbocycles. The second kappa shape index (κ2) is 5.16. The molecule has 0 aromatic heterocycles. The van der Waals surface area contributed by atoms with Crippen LogP contribution in [0.3, 0.4) is 0 Å². The summed E-state index contributed by atoms with van der Waals surface area (Å²) < 4.78 is 0. The number of aliphatic hydroxyl groups is 1. The van der Waals surface area contributed by atoms with E-state index in [0.717, 1.165) is 0 Å². The number of benzene rings is 1. The summed E-state index contributed by atoms with van der Waals surface area (Å²) >= 11 is 5.84. The van der Waals surface area contributed by atoms with E-state index in [4.69, 9.17) is 22.4 Å². The molecule has 5 nitrogen and oxygen atoms in total. The summed E-state index contributed by atoms with van der Waals surface area (Å²) in [4.78, 5) is 11.0. The largest absolute Gasteiger partial charge is 0.506 e. The molecule has 0 aliphatic rings. The minimum Gasteiger partial charge on any atom is -0.506 e. The number of phenolic OH excluding ortho intramolecular Hbond substituents is 1. The second-order valence-corrected chi connectivity index (χ2v) is 3.76. The van der Waals surface area contributed by atoms with Crippen LogP contribution in [0.2, 0.25) is 5.02 Å². The van der Waals surface area contributed by atoms with Gasteiger partial charge in [-0.15, -0.1) is 0 Å². The highest BCUT2D eigenvalue weighted by atomic mass is 35.5. The van der Waals surface area contributed by atoms with Gasteiger partial charge < -0.3 is 21.3 Å². The lowest BCUT2D eigenvalue weighted by atomic mass is 10.1. The molecule has 5 N–H and O–H groups in total. The quantitative estimate of drug-likeness (QED) is 0.592. The van der Waals surface area contributed by atoms with Gasteiger partial charge in [-0.3, -0.25) is 4.79 Å². The SMILES string of the molecule is CC(=O)Nc1c(CC(N)O)ccc(O)c1Cl. The summed E-state index contributed by atoms with van der Waals surface area (Å²) in [6, 6.07) is 2.92. The summed E-state index contributed by atoms with van der Waals surface area (Å²) in [6.45, 7) is 1.32. The van der Waals surface area contributed by atoms with Crippen molar-refractivity contribution in [2.24, 2.45) is 5.73 Å². The number of amides is 1. The number of hydrogen-bond donors (Lipinski definition) is 4. The Balaban J connectivity index is 3.15. The lowest BCUT2D eigenvalue weighted by Gasteiger charge is -2.14. The van der Waals surface area contributed by atoms with Crippen LogP contribution >= 0.6 is 11.6 Å². The fourth-order valence-corrected chi connectivity index (χ4v) is 1.54. The van der Waals surface area contributed by atoms with E-state index in [1.54, 1.807) is 6.07 Å². The molecule has 6 heteroatoms. The summed E-state index contributed by atoms with van der Waals surface area (Å²) in [5, 5.41) is 21.0. The monoisotopic (exact) mass is 244 g/mol. The first-order chi connectivity index (χ1) is 7.41. The van der Waals surface area contributed by atoms with Crippen LogP contribution in [0.5, 0.6) is 5.75 Å². The third-order valence-electron chi connectivity index (χ3n) is 1.94. The van der Waals surface area contributed by atoms with Crippen molar-refractivity contribution in [3.8, 4) is 5.75 Å². The molecule has 0 bridgehead atoms. The molecule has 0 radical (unpaired) electrons. The number of hydrogen-bond acceptors (Lipinski definition) is 4. The van der Waals surface area contributed by atoms with Crippen LogP contribution in [0.15, 0.2) is 12.1 Å². The van der Waals surface area contributed by atoms with Crippen molar-refractivity contribution in [2.45, 2.75) is 19.6 Å². The number of nitrogens with one attached hydrogen (secondary N) is 1. The first-order valence-corrected chi connectivity index (χ1v) is 5.01. The predicted octanol–water partition coefficient (Wildman–Crippen LogP) is 0.824. The van der Waals surface area contributed by atoms with Crippen molar-refractivity contribution in [2.75, 3.05) is 5.32 Å². The number of anilines is 1. The van der Waals surface area contributed by atoms with E-state index in [9.17, 15) is 9.90 Å². The maximum Gasteiger partial charge on any atom is 0.221 e. The fourth-order valence-electron chi connectivity index (χ4n) is 1.31. The van der Waals surface area contributed by atoms with Gasteiger partial charge in [0.25, 0.3) is 0 Å². The lowest BCUT2D eigenvalue weighted by molar-refractivity contribution is -0.114. The Bertz CT molecular complexity index is 407. The zero-order valence-corrected chi connectivity index (χ0v) is 9.45. The Morgan fingerprint density at radius 2 is 2.25 bits per heavy atom. The molecule has 0 aliphatic heterocycles. The normalized spacial score (nSPS) is 12.2. The number of phenols is 1. The first kappa shape index (κ1) is 12.8. The molecule has 0 fully saturated rings. The zero-order valence-electron chi connectivity index (χ0n) is 8.70. The minimum absolute atomic E-state index is 0.0355. The molecule has 0 spiro atoms. The average Bonchev–Trinajstić information content (AvgIpc) is 2.16. The molecule has 16 heavy (non-hydrogen) atoms. The van der Waals surface area contributed by atoms with Gasteiger partial charge in [0.2, 0.25) is 5.91 Å². The van der Waals surface area contributed by atoms with Crippen LogP contribution in [0, 0.1) is 0 Å². The van der Waals surface area contributed by atoms with Gasteiger partial charge in [-0.1, -0.05) is 17.7 Å². The summed E-state index contributed by atoms with van der Waals surface area (Å²) in [5.74, 6) is -0.457. The minimum atomic E-state index is -1.05. The van der Waals surface area contributed by atoms with E-state index >= 15 is 0 Å². The molecule has 88 valence electrons. The number of halogens is 1. The molecule has 1 aromatic rings. The molecule has 1 amide bonds. The molecule has 0 saturated carbocycles. The Morgan fingerprint density at radius 3 is 2.75 bits per heavy atom. The second-order valence-electron chi connectivity index (χ2n) is 3.39. The van der Waals surface area contributed by atoms with Crippen molar-refractivity contribution in [3.05, 3.63) is 22.7 Å². The highest BCUT2D eigenvalue weighted by Crippen LogP contribution is 2.34. The van der Waals surface area contributed by atoms with E-state index in [-0.39, 0.29) is 28.8 Å². The lowest BCUT2D eigenvalue weighted by Crippen LogP contribution is -2.22. The van der Waals surface area contributed by atoms with E-state index in [1.165, 1.54) is 13.0 Å². The maximum absolute atomic E-state index is 11.0. The van der Waals surface area contributed by atoms with Crippen LogP contribution in [0.1, 0.15) is 12.5 Å². The Labute approximate surface area is 97.8 Å². The zero-order chi connectivity index (χ0) is 12.3. The number of aromatic hydroxyl groups is 1. The van der Waals surface area contributed by atoms with Gasteiger partial charge in [0.05, 0.1) is 5.69 Å². The Kier molecular flexibility index (Phi) is 4.12. The number of nitrogens with two attached hydrogens (primary N) is 1. The van der Waals surface area contributed by atoms with Gasteiger partial charge in [0.1, 0.15) is 17.0 Å². The summed E-state index contributed by atoms with van der Waals surface area (Å²) in [6.07, 6.45) is -0.914. The smallest absolute Gasteiger partial charge is 0.221 e. The molecular weight excluding hydrogens is 232 g/mol. The van der Waals surface area contributed by atoms with Gasteiger partial charge >= 0.3 is 0 Å². The van der Waals surface area contributed by atoms with Gasteiger partial charge in [-0.05, 0) is 11.6 Å². The Morgan fingerprint density at radius 1 is 1.62 bits per heavy atom. The van der Waals surface area contributed by atoms with Crippen molar-refractivity contribution >= 4 is 23.2 Å². The van der Waals surface area contributed by atoms with Crippen LogP contribution in [0.25, 0.3) is 0 Å². The predicted molar refractivity (Wildman–Crippen MR) is 61.3 cm³/mol. The van der Waals surface area contributed by atoms with Gasteiger partial charge in [-0.25, -0.2) is 0 Å². The van der Waals surface area contributed by atoms with E-state index in [0.29, 0.717) is 5.56 Å². The molecule has 1 atom stereocenters. The standard InChI is InChI=1S/C10H13ClN2O3/c1-5(14)13-10-6(4-8(12)16)2-3-7(15)9(10)11/h2-3,8,15-16H,4,12H2,1H3,(H,13,14). The molecule has 0 heterocycles. The van der Waals surface area contributed by atoms with Gasteiger partial charge in [-0.2, -0.15) is 0 Å². The molecular formula is C10H13ClN2O3. The fraction of sp³-hybridized carbons (Fsp3) is 0.300. The average molecular weight is 245 g/mol. The first-order valence-electron chi connectivity index (χ1n) is 4.63. The molecule has 1 unspecified atom stereocenters. The van der Waals surface area contributed by atoms with Crippen molar-refractivity contribution in [1.29, 1.82) is 0 Å². The van der Waals surface area contributed by atoms with Crippen LogP contribution in [-0.4, -0.2) is 22.3 Å². The van der Waals surface area contributed by atoms with Crippen molar-refractivity contribution in [1.82, 2.24) is 0 Å². The molecule has 0 aliphatic carbocycles.